The maximum atomic E-state index is 11.6. The molecule has 0 aliphatic carbocycles. The maximum Gasteiger partial charge on any atom is 0.211 e. The van der Waals surface area contributed by atoms with Gasteiger partial charge >= 0.3 is 0 Å². The van der Waals surface area contributed by atoms with Gasteiger partial charge in [-0.2, -0.15) is 0 Å². The molecule has 0 radical (unpaired) electrons. The Hall–Kier alpha value is -2.36. The fraction of sp³-hybridized carbons (Fsp3) is 0.333. The predicted octanol–water partition coefficient (Wildman–Crippen LogP) is 3.23. The molecule has 1 heterocycles. The predicted molar refractivity (Wildman–Crippen MR) is 120 cm³/mol. The van der Waals surface area contributed by atoms with Crippen molar-refractivity contribution >= 4 is 21.8 Å². The van der Waals surface area contributed by atoms with Crippen LogP contribution in [0.1, 0.15) is 12.0 Å². The van der Waals surface area contributed by atoms with Crippen molar-refractivity contribution in [1.82, 2.24) is 19.5 Å². The number of aromatic nitrogens is 3. The molecule has 0 amide bonds. The van der Waals surface area contributed by atoms with Gasteiger partial charge in [0.25, 0.3) is 0 Å². The summed E-state index contributed by atoms with van der Waals surface area (Å²) in [4.78, 5) is 0. The molecule has 0 saturated carbocycles. The number of methoxy groups -OCH3 is 1. The molecular weight excluding hydrogens is 420 g/mol. The van der Waals surface area contributed by atoms with Crippen LogP contribution in [0.4, 0.5) is 0 Å². The molecule has 7 nitrogen and oxygen atoms in total. The first-order valence-corrected chi connectivity index (χ1v) is 12.3. The van der Waals surface area contributed by atoms with E-state index >= 15 is 0 Å². The van der Waals surface area contributed by atoms with Gasteiger partial charge in [0, 0.05) is 12.3 Å². The molecule has 0 fully saturated rings. The lowest BCUT2D eigenvalue weighted by molar-refractivity contribution is 0.415. The Balaban J connectivity index is 1.82. The lowest BCUT2D eigenvalue weighted by Gasteiger charge is -2.12. The second-order valence-corrected chi connectivity index (χ2v) is 9.73. The number of hydrogen-bond donors (Lipinski definition) is 1. The number of hydrogen-bond acceptors (Lipinski definition) is 6. The van der Waals surface area contributed by atoms with Gasteiger partial charge in [0.15, 0.2) is 11.0 Å². The molecule has 2 aromatic carbocycles. The topological polar surface area (TPSA) is 86.1 Å². The van der Waals surface area contributed by atoms with Crippen LogP contribution in [0.5, 0.6) is 5.75 Å². The maximum absolute atomic E-state index is 11.6. The molecule has 0 aliphatic rings. The summed E-state index contributed by atoms with van der Waals surface area (Å²) in [5.41, 5.74) is 2.11. The monoisotopic (exact) mass is 446 g/mol. The smallest absolute Gasteiger partial charge is 0.211 e. The van der Waals surface area contributed by atoms with E-state index in [0.29, 0.717) is 18.7 Å². The van der Waals surface area contributed by atoms with Crippen LogP contribution in [0.3, 0.4) is 0 Å². The van der Waals surface area contributed by atoms with E-state index in [9.17, 15) is 8.42 Å². The Morgan fingerprint density at radius 2 is 1.80 bits per heavy atom. The van der Waals surface area contributed by atoms with Crippen molar-refractivity contribution in [2.75, 3.05) is 25.7 Å². The van der Waals surface area contributed by atoms with E-state index in [1.165, 1.54) is 24.4 Å². The highest BCUT2D eigenvalue weighted by Crippen LogP contribution is 2.31. The van der Waals surface area contributed by atoms with E-state index in [0.717, 1.165) is 28.7 Å². The second-order valence-electron chi connectivity index (χ2n) is 6.62. The largest absolute Gasteiger partial charge is 0.496 e. The number of ether oxygens (including phenoxy) is 1. The molecule has 0 aliphatic heterocycles. The Morgan fingerprint density at radius 1 is 1.07 bits per heavy atom. The quantitative estimate of drug-likeness (QED) is 0.360. The standard InChI is InChI=1S/C21H26N4O3S2/c1-22-30(26,27)16-8-15-29-21-24-23-20(18-11-6-7-12-19(18)28-2)25(21)14-13-17-9-4-3-5-10-17/h3-7,9-12,22H,8,13-16H2,1-2H3. The molecule has 0 saturated heterocycles. The van der Waals surface area contributed by atoms with Crippen molar-refractivity contribution in [1.29, 1.82) is 0 Å². The minimum Gasteiger partial charge on any atom is -0.496 e. The lowest BCUT2D eigenvalue weighted by atomic mass is 10.1. The highest BCUT2D eigenvalue weighted by atomic mass is 32.2. The summed E-state index contributed by atoms with van der Waals surface area (Å²) in [6.45, 7) is 0.710. The van der Waals surface area contributed by atoms with Crippen LogP contribution in [-0.2, 0) is 23.0 Å². The van der Waals surface area contributed by atoms with Gasteiger partial charge in [-0.25, -0.2) is 13.1 Å². The second kappa shape index (κ2) is 10.6. The summed E-state index contributed by atoms with van der Waals surface area (Å²) in [5, 5.41) is 9.59. The first kappa shape index (κ1) is 22.3. The van der Waals surface area contributed by atoms with Crippen LogP contribution >= 0.6 is 11.8 Å². The number of nitrogens with one attached hydrogen (secondary N) is 1. The Labute approximate surface area is 181 Å². The number of sulfonamides is 1. The van der Waals surface area contributed by atoms with Crippen LogP contribution in [0.2, 0.25) is 0 Å². The third kappa shape index (κ3) is 5.84. The zero-order valence-electron chi connectivity index (χ0n) is 17.1. The third-order valence-electron chi connectivity index (χ3n) is 4.63. The van der Waals surface area contributed by atoms with E-state index in [1.807, 2.05) is 42.5 Å². The zero-order valence-corrected chi connectivity index (χ0v) is 18.7. The molecule has 9 heteroatoms. The number of nitrogens with zero attached hydrogens (tertiary/aromatic N) is 3. The SMILES string of the molecule is CNS(=O)(=O)CCCSc1nnc(-c2ccccc2OC)n1CCc1ccccc1. The summed E-state index contributed by atoms with van der Waals surface area (Å²) in [7, 11) is -0.127. The van der Waals surface area contributed by atoms with E-state index in [4.69, 9.17) is 4.74 Å². The van der Waals surface area contributed by atoms with Crippen molar-refractivity contribution in [3.8, 4) is 17.1 Å². The fourth-order valence-corrected chi connectivity index (χ4v) is 4.84. The fourth-order valence-electron chi connectivity index (χ4n) is 3.03. The number of thioether (sulfide) groups is 1. The minimum atomic E-state index is -3.20. The van der Waals surface area contributed by atoms with Crippen LogP contribution in [0, 0.1) is 0 Å². The Kier molecular flexibility index (Phi) is 7.89. The number of rotatable bonds is 11. The molecule has 30 heavy (non-hydrogen) atoms. The van der Waals surface area contributed by atoms with Crippen LogP contribution in [0.15, 0.2) is 59.8 Å². The first-order valence-electron chi connectivity index (χ1n) is 9.68. The molecular formula is C21H26N4O3S2. The molecule has 1 N–H and O–H groups in total. The molecule has 0 atom stereocenters. The minimum absolute atomic E-state index is 0.0913. The van der Waals surface area contributed by atoms with Gasteiger partial charge in [-0.1, -0.05) is 54.2 Å². The normalized spacial score (nSPS) is 11.5. The molecule has 0 spiro atoms. The van der Waals surface area contributed by atoms with Gasteiger partial charge in [-0.15, -0.1) is 10.2 Å². The van der Waals surface area contributed by atoms with Crippen molar-refractivity contribution < 1.29 is 13.2 Å². The molecule has 3 rings (SSSR count). The summed E-state index contributed by atoms with van der Waals surface area (Å²) in [6.07, 6.45) is 1.37. The molecule has 0 unspecified atom stereocenters. The average Bonchev–Trinajstić information content (AvgIpc) is 3.18. The Bertz CT molecular complexity index is 1050. The highest BCUT2D eigenvalue weighted by molar-refractivity contribution is 7.99. The third-order valence-corrected chi connectivity index (χ3v) is 7.13. The van der Waals surface area contributed by atoms with Crippen LogP contribution in [-0.4, -0.2) is 48.8 Å². The molecule has 160 valence electrons. The van der Waals surface area contributed by atoms with Crippen molar-refractivity contribution in [3.05, 3.63) is 60.2 Å². The van der Waals surface area contributed by atoms with Crippen LogP contribution < -0.4 is 9.46 Å². The summed E-state index contributed by atoms with van der Waals surface area (Å²) in [6, 6.07) is 18.0. The summed E-state index contributed by atoms with van der Waals surface area (Å²) < 4.78 is 33.2. The van der Waals surface area contributed by atoms with Gasteiger partial charge in [0.1, 0.15) is 5.75 Å². The number of para-hydroxylation sites is 1. The van der Waals surface area contributed by atoms with Gasteiger partial charge in [-0.05, 0) is 37.6 Å². The van der Waals surface area contributed by atoms with Gasteiger partial charge in [-0.3, -0.25) is 0 Å². The van der Waals surface area contributed by atoms with Crippen molar-refractivity contribution in [3.63, 3.8) is 0 Å². The van der Waals surface area contributed by atoms with Gasteiger partial charge < -0.3 is 9.30 Å². The summed E-state index contributed by atoms with van der Waals surface area (Å²) in [5.74, 6) is 2.21. The zero-order chi connectivity index (χ0) is 21.4. The van der Waals surface area contributed by atoms with E-state index < -0.39 is 10.0 Å². The highest BCUT2D eigenvalue weighted by Gasteiger charge is 2.18. The van der Waals surface area contributed by atoms with Gasteiger partial charge in [0.2, 0.25) is 10.0 Å². The summed E-state index contributed by atoms with van der Waals surface area (Å²) >= 11 is 1.52. The van der Waals surface area contributed by atoms with Crippen molar-refractivity contribution in [2.24, 2.45) is 0 Å². The Morgan fingerprint density at radius 3 is 2.53 bits per heavy atom. The van der Waals surface area contributed by atoms with Crippen LogP contribution in [0.25, 0.3) is 11.4 Å². The van der Waals surface area contributed by atoms with Gasteiger partial charge in [0.05, 0.1) is 18.4 Å². The van der Waals surface area contributed by atoms with Crippen molar-refractivity contribution in [2.45, 2.75) is 24.5 Å². The van der Waals surface area contributed by atoms with E-state index in [1.54, 1.807) is 7.11 Å². The molecule has 1 aromatic heterocycles. The molecule has 0 bridgehead atoms. The molecule has 3 aromatic rings. The van der Waals surface area contributed by atoms with E-state index in [2.05, 4.69) is 31.6 Å². The van der Waals surface area contributed by atoms with E-state index in [-0.39, 0.29) is 5.75 Å². The number of benzene rings is 2. The lowest BCUT2D eigenvalue weighted by Crippen LogP contribution is -2.22. The number of aryl methyl sites for hydroxylation is 1. The first-order chi connectivity index (χ1) is 14.5. The average molecular weight is 447 g/mol.